The highest BCUT2D eigenvalue weighted by Gasteiger charge is 2.56. The molecule has 0 saturated heterocycles. The molecule has 0 fully saturated rings. The SMILES string of the molecule is C=CC(=O)OCC(CCC)([N+](=O)[O-])[N+](=O)[O-]. The van der Waals surface area contributed by atoms with E-state index in [-0.39, 0.29) is 12.8 Å². The number of nitrogens with zero attached hydrogens (tertiary/aromatic N) is 2. The van der Waals surface area contributed by atoms with E-state index in [1.807, 2.05) is 0 Å². The van der Waals surface area contributed by atoms with Crippen LogP contribution in [0.2, 0.25) is 0 Å². The van der Waals surface area contributed by atoms with E-state index in [0.717, 1.165) is 6.08 Å². The Bertz CT molecular complexity index is 300. The van der Waals surface area contributed by atoms with Gasteiger partial charge in [0, 0.05) is 6.08 Å². The summed E-state index contributed by atoms with van der Waals surface area (Å²) in [5.41, 5.74) is -2.46. The first-order chi connectivity index (χ1) is 7.40. The molecule has 0 N–H and O–H groups in total. The van der Waals surface area contributed by atoms with Crippen LogP contribution in [0.4, 0.5) is 0 Å². The lowest BCUT2D eigenvalue weighted by atomic mass is 10.1. The van der Waals surface area contributed by atoms with Crippen molar-refractivity contribution < 1.29 is 19.4 Å². The predicted molar refractivity (Wildman–Crippen MR) is 52.8 cm³/mol. The Balaban J connectivity index is 4.89. The fourth-order valence-electron chi connectivity index (χ4n) is 1.07. The van der Waals surface area contributed by atoms with Crippen LogP contribution in [-0.2, 0) is 9.53 Å². The van der Waals surface area contributed by atoms with E-state index in [4.69, 9.17) is 0 Å². The van der Waals surface area contributed by atoms with Crippen molar-refractivity contribution in [3.63, 3.8) is 0 Å². The highest BCUT2D eigenvalue weighted by molar-refractivity contribution is 5.81. The standard InChI is InChI=1S/C8H12N2O6/c1-3-5-8(9(12)13,10(14)15)6-16-7(11)4-2/h4H,2-3,5-6H2,1H3. The Labute approximate surface area is 91.2 Å². The van der Waals surface area contributed by atoms with Crippen molar-refractivity contribution in [1.29, 1.82) is 0 Å². The van der Waals surface area contributed by atoms with Gasteiger partial charge in [0.2, 0.25) is 6.61 Å². The summed E-state index contributed by atoms with van der Waals surface area (Å²) in [5.74, 6) is -0.927. The lowest BCUT2D eigenvalue weighted by molar-refractivity contribution is -0.799. The summed E-state index contributed by atoms with van der Waals surface area (Å²) < 4.78 is 4.39. The smallest absolute Gasteiger partial charge is 0.447 e. The molecule has 0 saturated carbocycles. The molecule has 0 radical (unpaired) electrons. The number of ether oxygens (including phenoxy) is 1. The summed E-state index contributed by atoms with van der Waals surface area (Å²) in [6.45, 7) is 3.75. The first-order valence-corrected chi connectivity index (χ1v) is 4.49. The molecule has 0 amide bonds. The molecule has 0 rings (SSSR count). The van der Waals surface area contributed by atoms with Crippen molar-refractivity contribution in [2.75, 3.05) is 6.61 Å². The van der Waals surface area contributed by atoms with Gasteiger partial charge in [0.1, 0.15) is 9.85 Å². The molecule has 8 nitrogen and oxygen atoms in total. The van der Waals surface area contributed by atoms with E-state index < -0.39 is 28.1 Å². The molecule has 0 aromatic heterocycles. The summed E-state index contributed by atoms with van der Waals surface area (Å²) in [7, 11) is 0. The van der Waals surface area contributed by atoms with Crippen LogP contribution in [0.25, 0.3) is 0 Å². The van der Waals surface area contributed by atoms with Gasteiger partial charge in [-0.25, -0.2) is 4.79 Å². The molecule has 8 heteroatoms. The third-order valence-corrected chi connectivity index (χ3v) is 1.94. The molecule has 0 aliphatic rings. The second-order valence-electron chi connectivity index (χ2n) is 3.06. The average Bonchev–Trinajstić information content (AvgIpc) is 2.22. The molecule has 16 heavy (non-hydrogen) atoms. The average molecular weight is 232 g/mol. The fourth-order valence-corrected chi connectivity index (χ4v) is 1.07. The van der Waals surface area contributed by atoms with Crippen molar-refractivity contribution in [2.45, 2.75) is 25.4 Å². The molecular weight excluding hydrogens is 220 g/mol. The summed E-state index contributed by atoms with van der Waals surface area (Å²) in [5, 5.41) is 21.4. The zero-order chi connectivity index (χ0) is 12.8. The second kappa shape index (κ2) is 5.79. The van der Waals surface area contributed by atoms with E-state index >= 15 is 0 Å². The minimum atomic E-state index is -2.46. The van der Waals surface area contributed by atoms with Crippen LogP contribution in [0.3, 0.4) is 0 Å². The number of carbonyl (C=O) groups excluding carboxylic acids is 1. The molecule has 0 unspecified atom stereocenters. The molecule has 90 valence electrons. The van der Waals surface area contributed by atoms with Crippen LogP contribution >= 0.6 is 0 Å². The first-order valence-electron chi connectivity index (χ1n) is 4.49. The fraction of sp³-hybridized carbons (Fsp3) is 0.625. The first kappa shape index (κ1) is 14.0. The van der Waals surface area contributed by atoms with E-state index in [0.29, 0.717) is 0 Å². The van der Waals surface area contributed by atoms with E-state index in [1.54, 1.807) is 6.92 Å². The van der Waals surface area contributed by atoms with Crippen LogP contribution in [-0.4, -0.2) is 28.1 Å². The van der Waals surface area contributed by atoms with Gasteiger partial charge in [0.05, 0.1) is 6.42 Å². The normalized spacial score (nSPS) is 10.6. The summed E-state index contributed by atoms with van der Waals surface area (Å²) in [4.78, 5) is 30.1. The molecule has 0 aliphatic heterocycles. The van der Waals surface area contributed by atoms with E-state index in [9.17, 15) is 25.0 Å². The number of hydrogen-bond donors (Lipinski definition) is 0. The van der Waals surface area contributed by atoms with Crippen LogP contribution < -0.4 is 0 Å². The van der Waals surface area contributed by atoms with E-state index in [2.05, 4.69) is 11.3 Å². The second-order valence-corrected chi connectivity index (χ2v) is 3.06. The quantitative estimate of drug-likeness (QED) is 0.210. The minimum Gasteiger partial charge on any atom is -0.447 e. The zero-order valence-corrected chi connectivity index (χ0v) is 8.75. The van der Waals surface area contributed by atoms with Gasteiger partial charge in [-0.15, -0.1) is 0 Å². The van der Waals surface area contributed by atoms with Gasteiger partial charge in [-0.1, -0.05) is 13.5 Å². The van der Waals surface area contributed by atoms with Gasteiger partial charge in [0.25, 0.3) is 0 Å². The summed E-state index contributed by atoms with van der Waals surface area (Å²) in [6.07, 6.45) is 0.710. The van der Waals surface area contributed by atoms with Crippen molar-refractivity contribution in [3.05, 3.63) is 32.9 Å². The molecule has 0 aliphatic carbocycles. The molecule has 0 bridgehead atoms. The third-order valence-electron chi connectivity index (χ3n) is 1.94. The Morgan fingerprint density at radius 3 is 2.25 bits per heavy atom. The monoisotopic (exact) mass is 232 g/mol. The van der Waals surface area contributed by atoms with Crippen molar-refractivity contribution >= 4 is 5.97 Å². The van der Waals surface area contributed by atoms with Gasteiger partial charge in [0.15, 0.2) is 0 Å². The van der Waals surface area contributed by atoms with Crippen molar-refractivity contribution in [1.82, 2.24) is 0 Å². The molecule has 0 aromatic carbocycles. The predicted octanol–water partition coefficient (Wildman–Crippen LogP) is 0.765. The topological polar surface area (TPSA) is 113 Å². The maximum Gasteiger partial charge on any atom is 0.491 e. The Kier molecular flexibility index (Phi) is 5.07. The zero-order valence-electron chi connectivity index (χ0n) is 8.75. The van der Waals surface area contributed by atoms with Gasteiger partial charge in [-0.2, -0.15) is 0 Å². The van der Waals surface area contributed by atoms with Crippen LogP contribution in [0, 0.1) is 20.2 Å². The van der Waals surface area contributed by atoms with Gasteiger partial charge < -0.3 is 4.74 Å². The lowest BCUT2D eigenvalue weighted by Gasteiger charge is -2.15. The number of esters is 1. The Morgan fingerprint density at radius 2 is 1.94 bits per heavy atom. The molecule has 0 aromatic rings. The largest absolute Gasteiger partial charge is 0.491 e. The Hall–Kier alpha value is -1.99. The number of hydrogen-bond acceptors (Lipinski definition) is 6. The maximum atomic E-state index is 10.7. The van der Waals surface area contributed by atoms with Crippen LogP contribution in [0.5, 0.6) is 0 Å². The van der Waals surface area contributed by atoms with Gasteiger partial charge in [-0.3, -0.25) is 20.2 Å². The van der Waals surface area contributed by atoms with E-state index in [1.165, 1.54) is 0 Å². The lowest BCUT2D eigenvalue weighted by Crippen LogP contribution is -2.50. The molecule has 0 heterocycles. The summed E-state index contributed by atoms with van der Waals surface area (Å²) >= 11 is 0. The van der Waals surface area contributed by atoms with Gasteiger partial charge >= 0.3 is 11.6 Å². The van der Waals surface area contributed by atoms with Crippen molar-refractivity contribution in [3.8, 4) is 0 Å². The number of carbonyl (C=O) groups is 1. The number of nitro groups is 2. The molecular formula is C8H12N2O6. The maximum absolute atomic E-state index is 10.7. The molecule has 0 spiro atoms. The minimum absolute atomic E-state index is 0.230. The van der Waals surface area contributed by atoms with Crippen molar-refractivity contribution in [2.24, 2.45) is 0 Å². The molecule has 0 atom stereocenters. The van der Waals surface area contributed by atoms with Gasteiger partial charge in [-0.05, 0) is 6.42 Å². The highest BCUT2D eigenvalue weighted by atomic mass is 16.7. The summed E-state index contributed by atoms with van der Waals surface area (Å²) in [6, 6.07) is 0. The Morgan fingerprint density at radius 1 is 1.44 bits per heavy atom. The van der Waals surface area contributed by atoms with Crippen LogP contribution in [0.15, 0.2) is 12.7 Å². The third kappa shape index (κ3) is 3.01. The number of rotatable bonds is 7. The van der Waals surface area contributed by atoms with Crippen LogP contribution in [0.1, 0.15) is 19.8 Å². The highest BCUT2D eigenvalue weighted by Crippen LogP contribution is 2.19.